The van der Waals surface area contributed by atoms with Gasteiger partial charge in [-0.05, 0) is 62.7 Å². The van der Waals surface area contributed by atoms with Gasteiger partial charge in [0.15, 0.2) is 17.6 Å². The first-order chi connectivity index (χ1) is 18.2. The van der Waals surface area contributed by atoms with Crippen LogP contribution in [0.3, 0.4) is 0 Å². The second kappa shape index (κ2) is 12.3. The van der Waals surface area contributed by atoms with Crippen LogP contribution in [-0.2, 0) is 9.59 Å². The fraction of sp³-hybridized carbons (Fsp3) is 0.296. The summed E-state index contributed by atoms with van der Waals surface area (Å²) < 4.78 is 11.6. The van der Waals surface area contributed by atoms with Crippen molar-refractivity contribution < 1.29 is 34.1 Å². The summed E-state index contributed by atoms with van der Waals surface area (Å²) in [6.45, 7) is 2.57. The number of para-hydroxylation sites is 1. The Bertz CT molecular complexity index is 1340. The summed E-state index contributed by atoms with van der Waals surface area (Å²) in [4.78, 5) is 36.7. The largest absolute Gasteiger partial charge is 0.480 e. The number of carbonyl (C=O) groups is 3. The lowest BCUT2D eigenvalue weighted by Gasteiger charge is -2.30. The standard InChI is InChI=1S/C27H27ClN2O7S/c1-15-22(36-14-21(31)32)25(27(34)35)38-24(15)17-5-4-6-18(13-17)37-23(16-9-11-29-12-10-16)26(33)30-20-8-3-2-7-19(20)28/h2-8,13,16,23,29H,9-12,14H2,1H3,(H,30,33)(H,31,32)(H,34,35). The minimum Gasteiger partial charge on any atom is -0.480 e. The van der Waals surface area contributed by atoms with E-state index in [1.54, 1.807) is 55.5 Å². The summed E-state index contributed by atoms with van der Waals surface area (Å²) in [7, 11) is 0. The van der Waals surface area contributed by atoms with Crippen LogP contribution in [0.4, 0.5) is 5.69 Å². The topological polar surface area (TPSA) is 134 Å². The van der Waals surface area contributed by atoms with Gasteiger partial charge in [0, 0.05) is 16.4 Å². The molecule has 11 heteroatoms. The number of rotatable bonds is 10. The maximum Gasteiger partial charge on any atom is 0.349 e. The first kappa shape index (κ1) is 27.4. The van der Waals surface area contributed by atoms with Crippen molar-refractivity contribution in [3.8, 4) is 21.9 Å². The molecule has 3 aromatic rings. The number of amides is 1. The van der Waals surface area contributed by atoms with Crippen LogP contribution in [0.2, 0.25) is 5.02 Å². The highest BCUT2D eigenvalue weighted by Crippen LogP contribution is 2.42. The van der Waals surface area contributed by atoms with E-state index in [0.29, 0.717) is 32.5 Å². The van der Waals surface area contributed by atoms with E-state index >= 15 is 0 Å². The number of nitrogens with one attached hydrogen (secondary N) is 2. The maximum absolute atomic E-state index is 13.4. The molecule has 1 aromatic heterocycles. The number of carboxylic acids is 2. The van der Waals surface area contributed by atoms with Crippen LogP contribution in [-0.4, -0.2) is 53.9 Å². The molecule has 1 atom stereocenters. The van der Waals surface area contributed by atoms with E-state index < -0.39 is 24.6 Å². The molecule has 200 valence electrons. The zero-order chi connectivity index (χ0) is 27.2. The average Bonchev–Trinajstić information content (AvgIpc) is 3.24. The number of ether oxygens (including phenoxy) is 2. The van der Waals surface area contributed by atoms with Crippen LogP contribution in [0.5, 0.6) is 11.5 Å². The predicted molar refractivity (Wildman–Crippen MR) is 145 cm³/mol. The molecule has 1 aliphatic heterocycles. The summed E-state index contributed by atoms with van der Waals surface area (Å²) >= 11 is 7.24. The molecule has 2 heterocycles. The lowest BCUT2D eigenvalue weighted by molar-refractivity contribution is -0.139. The second-order valence-electron chi connectivity index (χ2n) is 8.82. The fourth-order valence-electron chi connectivity index (χ4n) is 4.36. The van der Waals surface area contributed by atoms with Gasteiger partial charge in [0.2, 0.25) is 0 Å². The minimum absolute atomic E-state index is 0.0259. The molecular weight excluding hydrogens is 532 g/mol. The Morgan fingerprint density at radius 2 is 1.87 bits per heavy atom. The molecular formula is C27H27ClN2O7S. The molecule has 38 heavy (non-hydrogen) atoms. The molecule has 4 rings (SSSR count). The van der Waals surface area contributed by atoms with E-state index in [9.17, 15) is 19.5 Å². The predicted octanol–water partition coefficient (Wildman–Crippen LogP) is 4.92. The van der Waals surface area contributed by atoms with Crippen LogP contribution in [0.1, 0.15) is 28.1 Å². The third-order valence-corrected chi connectivity index (χ3v) is 7.83. The van der Waals surface area contributed by atoms with Crippen LogP contribution >= 0.6 is 22.9 Å². The SMILES string of the molecule is Cc1c(-c2cccc(OC(C(=O)Nc3ccccc3Cl)C3CCNCC3)c2)sc(C(=O)O)c1OCC(=O)O. The highest BCUT2D eigenvalue weighted by molar-refractivity contribution is 7.18. The van der Waals surface area contributed by atoms with E-state index in [0.717, 1.165) is 37.3 Å². The average molecular weight is 559 g/mol. The number of aliphatic carboxylic acids is 1. The van der Waals surface area contributed by atoms with E-state index in [1.807, 2.05) is 0 Å². The number of anilines is 1. The van der Waals surface area contributed by atoms with Gasteiger partial charge < -0.3 is 30.3 Å². The van der Waals surface area contributed by atoms with E-state index in [-0.39, 0.29) is 22.5 Å². The highest BCUT2D eigenvalue weighted by Gasteiger charge is 2.32. The fourth-order valence-corrected chi connectivity index (χ4v) is 5.63. The molecule has 0 spiro atoms. The Hall–Kier alpha value is -3.60. The van der Waals surface area contributed by atoms with Gasteiger partial charge in [-0.2, -0.15) is 0 Å². The van der Waals surface area contributed by atoms with Crippen LogP contribution in [0.25, 0.3) is 10.4 Å². The highest BCUT2D eigenvalue weighted by atomic mass is 35.5. The van der Waals surface area contributed by atoms with Gasteiger partial charge in [0.05, 0.1) is 10.7 Å². The van der Waals surface area contributed by atoms with Crippen LogP contribution in [0.15, 0.2) is 48.5 Å². The third-order valence-electron chi connectivity index (χ3n) is 6.19. The van der Waals surface area contributed by atoms with Crippen LogP contribution in [0, 0.1) is 12.8 Å². The molecule has 0 saturated carbocycles. The summed E-state index contributed by atoms with van der Waals surface area (Å²) in [5, 5.41) is 25.2. The van der Waals surface area contributed by atoms with Gasteiger partial charge in [-0.3, -0.25) is 4.79 Å². The lowest BCUT2D eigenvalue weighted by atomic mass is 9.91. The number of piperidine rings is 1. The molecule has 0 aliphatic carbocycles. The molecule has 4 N–H and O–H groups in total. The Morgan fingerprint density at radius 1 is 1.13 bits per heavy atom. The number of hydrogen-bond acceptors (Lipinski definition) is 7. The minimum atomic E-state index is -1.21. The first-order valence-corrected chi connectivity index (χ1v) is 13.2. The maximum atomic E-state index is 13.4. The summed E-state index contributed by atoms with van der Waals surface area (Å²) in [5.74, 6) is -2.28. The van der Waals surface area contributed by atoms with E-state index in [4.69, 9.17) is 26.2 Å². The molecule has 2 aromatic carbocycles. The molecule has 1 amide bonds. The molecule has 1 aliphatic rings. The number of thiophene rings is 1. The van der Waals surface area contributed by atoms with Gasteiger partial charge in [-0.15, -0.1) is 11.3 Å². The molecule has 0 bridgehead atoms. The van der Waals surface area contributed by atoms with Gasteiger partial charge in [0.1, 0.15) is 11.5 Å². The van der Waals surface area contributed by atoms with Crippen molar-refractivity contribution in [2.24, 2.45) is 5.92 Å². The molecule has 1 fully saturated rings. The Morgan fingerprint density at radius 3 is 2.55 bits per heavy atom. The summed E-state index contributed by atoms with van der Waals surface area (Å²) in [6, 6.07) is 14.0. The second-order valence-corrected chi connectivity index (χ2v) is 10.3. The molecule has 1 saturated heterocycles. The number of aromatic carboxylic acids is 1. The first-order valence-electron chi connectivity index (χ1n) is 12.0. The number of hydrogen-bond donors (Lipinski definition) is 4. The van der Waals surface area contributed by atoms with Crippen molar-refractivity contribution >= 4 is 46.5 Å². The lowest BCUT2D eigenvalue weighted by Crippen LogP contribution is -2.44. The van der Waals surface area contributed by atoms with Gasteiger partial charge in [-0.1, -0.05) is 35.9 Å². The molecule has 0 radical (unpaired) electrons. The Balaban J connectivity index is 1.63. The smallest absolute Gasteiger partial charge is 0.349 e. The Labute approximate surface area is 228 Å². The normalized spacial score (nSPS) is 14.5. The monoisotopic (exact) mass is 558 g/mol. The van der Waals surface area contributed by atoms with Crippen molar-refractivity contribution in [1.29, 1.82) is 0 Å². The molecule has 9 nitrogen and oxygen atoms in total. The van der Waals surface area contributed by atoms with Gasteiger partial charge in [0.25, 0.3) is 5.91 Å². The third kappa shape index (κ3) is 6.45. The zero-order valence-electron chi connectivity index (χ0n) is 20.5. The number of benzene rings is 2. The zero-order valence-corrected chi connectivity index (χ0v) is 22.1. The van der Waals surface area contributed by atoms with Crippen molar-refractivity contribution in [3.63, 3.8) is 0 Å². The molecule has 1 unspecified atom stereocenters. The van der Waals surface area contributed by atoms with Crippen molar-refractivity contribution in [1.82, 2.24) is 5.32 Å². The summed E-state index contributed by atoms with van der Waals surface area (Å²) in [6.07, 6.45) is 0.741. The van der Waals surface area contributed by atoms with Gasteiger partial charge in [-0.25, -0.2) is 9.59 Å². The quantitative estimate of drug-likeness (QED) is 0.275. The Kier molecular flexibility index (Phi) is 8.88. The number of halogens is 1. The van der Waals surface area contributed by atoms with Crippen LogP contribution < -0.4 is 20.1 Å². The van der Waals surface area contributed by atoms with Gasteiger partial charge >= 0.3 is 11.9 Å². The van der Waals surface area contributed by atoms with Crippen molar-refractivity contribution in [2.45, 2.75) is 25.9 Å². The van der Waals surface area contributed by atoms with E-state index in [2.05, 4.69) is 10.6 Å². The summed E-state index contributed by atoms with van der Waals surface area (Å²) in [5.41, 5.74) is 1.67. The van der Waals surface area contributed by atoms with E-state index in [1.165, 1.54) is 0 Å². The van der Waals surface area contributed by atoms with Crippen molar-refractivity contribution in [3.05, 3.63) is 64.0 Å². The van der Waals surface area contributed by atoms with Crippen molar-refractivity contribution in [2.75, 3.05) is 25.0 Å². The number of carboxylic acid groups (broad SMARTS) is 2. The number of carbonyl (C=O) groups excluding carboxylic acids is 1.